The summed E-state index contributed by atoms with van der Waals surface area (Å²) in [6.07, 6.45) is 3.69. The first-order valence-corrected chi connectivity index (χ1v) is 7.50. The normalized spacial score (nSPS) is 15.2. The van der Waals surface area contributed by atoms with E-state index >= 15 is 0 Å². The van der Waals surface area contributed by atoms with Gasteiger partial charge in [0.1, 0.15) is 6.26 Å². The molecule has 1 saturated heterocycles. The number of furan rings is 2. The van der Waals surface area contributed by atoms with Crippen molar-refractivity contribution >= 4 is 17.8 Å². The molecule has 0 aromatic carbocycles. The lowest BCUT2D eigenvalue weighted by Gasteiger charge is -2.31. The van der Waals surface area contributed by atoms with Crippen LogP contribution in [-0.2, 0) is 0 Å². The highest BCUT2D eigenvalue weighted by Gasteiger charge is 2.26. The van der Waals surface area contributed by atoms with Gasteiger partial charge in [0.25, 0.3) is 11.8 Å². The van der Waals surface area contributed by atoms with Crippen molar-refractivity contribution in [2.24, 2.45) is 0 Å². The van der Waals surface area contributed by atoms with Crippen LogP contribution in [0, 0.1) is 0 Å². The average molecular weight is 332 g/mol. The Morgan fingerprint density at radius 1 is 1.17 bits per heavy atom. The molecule has 8 nitrogen and oxygen atoms in total. The molecule has 0 saturated carbocycles. The van der Waals surface area contributed by atoms with E-state index in [1.165, 1.54) is 12.3 Å². The monoisotopic (exact) mass is 332 g/mol. The molecule has 0 radical (unpaired) electrons. The molecule has 2 amide bonds. The second-order valence-corrected chi connectivity index (χ2v) is 5.52. The molecule has 0 bridgehead atoms. The van der Waals surface area contributed by atoms with Gasteiger partial charge in [-0.25, -0.2) is 4.79 Å². The van der Waals surface area contributed by atoms with Gasteiger partial charge in [0.2, 0.25) is 0 Å². The van der Waals surface area contributed by atoms with Crippen molar-refractivity contribution in [3.8, 4) is 0 Å². The standard InChI is InChI=1S/C16H16N2O6/c19-14(13-8-10(9-24-13)16(21)22)17-11-3-5-18(6-4-11)15(20)12-2-1-7-23-12/h1-2,7-9,11H,3-6H2,(H,17,19)(H,21,22). The minimum Gasteiger partial charge on any atom is -0.478 e. The number of nitrogens with one attached hydrogen (secondary N) is 1. The maximum atomic E-state index is 12.2. The van der Waals surface area contributed by atoms with Crippen LogP contribution in [0.3, 0.4) is 0 Å². The van der Waals surface area contributed by atoms with Gasteiger partial charge in [-0.3, -0.25) is 9.59 Å². The minimum atomic E-state index is -1.15. The van der Waals surface area contributed by atoms with Crippen LogP contribution in [-0.4, -0.2) is 46.9 Å². The maximum absolute atomic E-state index is 12.2. The number of nitrogens with zero attached hydrogens (tertiary/aromatic N) is 1. The van der Waals surface area contributed by atoms with Gasteiger partial charge in [-0.05, 0) is 25.0 Å². The number of likely N-dealkylation sites (tertiary alicyclic amines) is 1. The van der Waals surface area contributed by atoms with Gasteiger partial charge in [-0.15, -0.1) is 0 Å². The molecule has 2 aromatic heterocycles. The van der Waals surface area contributed by atoms with Crippen LogP contribution in [0.5, 0.6) is 0 Å². The number of carbonyl (C=O) groups excluding carboxylic acids is 2. The summed E-state index contributed by atoms with van der Waals surface area (Å²) in [5.41, 5.74) is -0.0704. The van der Waals surface area contributed by atoms with Gasteiger partial charge >= 0.3 is 5.97 Å². The number of rotatable bonds is 4. The largest absolute Gasteiger partial charge is 0.478 e. The summed E-state index contributed by atoms with van der Waals surface area (Å²) in [6.45, 7) is 1.01. The number of aromatic carboxylic acids is 1. The third-order valence-corrected chi connectivity index (χ3v) is 3.92. The fourth-order valence-electron chi connectivity index (χ4n) is 2.61. The maximum Gasteiger partial charge on any atom is 0.338 e. The Morgan fingerprint density at radius 3 is 2.50 bits per heavy atom. The second kappa shape index (κ2) is 6.61. The van der Waals surface area contributed by atoms with Gasteiger partial charge in [0.15, 0.2) is 11.5 Å². The highest BCUT2D eigenvalue weighted by Crippen LogP contribution is 2.15. The lowest BCUT2D eigenvalue weighted by molar-refractivity contribution is 0.0662. The van der Waals surface area contributed by atoms with E-state index in [-0.39, 0.29) is 23.3 Å². The Labute approximate surface area is 137 Å². The van der Waals surface area contributed by atoms with E-state index < -0.39 is 11.9 Å². The highest BCUT2D eigenvalue weighted by atomic mass is 16.4. The number of carbonyl (C=O) groups is 3. The van der Waals surface area contributed by atoms with Crippen molar-refractivity contribution in [2.75, 3.05) is 13.1 Å². The Bertz CT molecular complexity index is 740. The molecule has 0 unspecified atom stereocenters. The van der Waals surface area contributed by atoms with Gasteiger partial charge in [-0.2, -0.15) is 0 Å². The van der Waals surface area contributed by atoms with Crippen LogP contribution in [0.15, 0.2) is 39.6 Å². The summed E-state index contributed by atoms with van der Waals surface area (Å²) in [5, 5.41) is 11.6. The molecule has 8 heteroatoms. The molecule has 2 N–H and O–H groups in total. The summed E-state index contributed by atoms with van der Waals surface area (Å²) in [4.78, 5) is 36.7. The molecule has 0 atom stereocenters. The topological polar surface area (TPSA) is 113 Å². The predicted octanol–water partition coefficient (Wildman–Crippen LogP) is 1.61. The first kappa shape index (κ1) is 15.9. The van der Waals surface area contributed by atoms with Gasteiger partial charge in [0.05, 0.1) is 11.8 Å². The van der Waals surface area contributed by atoms with E-state index in [1.807, 2.05) is 0 Å². The van der Waals surface area contributed by atoms with Crippen molar-refractivity contribution in [3.05, 3.63) is 47.8 Å². The Morgan fingerprint density at radius 2 is 1.92 bits per heavy atom. The fourth-order valence-corrected chi connectivity index (χ4v) is 2.61. The lowest BCUT2D eigenvalue weighted by Crippen LogP contribution is -2.46. The van der Waals surface area contributed by atoms with Crippen molar-refractivity contribution in [1.82, 2.24) is 10.2 Å². The fraction of sp³-hybridized carbons (Fsp3) is 0.312. The number of carboxylic acid groups (broad SMARTS) is 1. The van der Waals surface area contributed by atoms with E-state index in [9.17, 15) is 14.4 Å². The predicted molar refractivity (Wildman–Crippen MR) is 80.8 cm³/mol. The molecule has 0 aliphatic carbocycles. The zero-order valence-corrected chi connectivity index (χ0v) is 12.7. The number of hydrogen-bond acceptors (Lipinski definition) is 5. The van der Waals surface area contributed by atoms with Crippen LogP contribution in [0.4, 0.5) is 0 Å². The Kier molecular flexibility index (Phi) is 4.37. The van der Waals surface area contributed by atoms with Crippen LogP contribution >= 0.6 is 0 Å². The number of amides is 2. The molecule has 3 heterocycles. The Hall–Kier alpha value is -3.03. The summed E-state index contributed by atoms with van der Waals surface area (Å²) in [7, 11) is 0. The van der Waals surface area contributed by atoms with Crippen LogP contribution < -0.4 is 5.32 Å². The first-order chi connectivity index (χ1) is 11.5. The van der Waals surface area contributed by atoms with Crippen molar-refractivity contribution in [1.29, 1.82) is 0 Å². The molecule has 1 aliphatic rings. The smallest absolute Gasteiger partial charge is 0.338 e. The van der Waals surface area contributed by atoms with Crippen molar-refractivity contribution < 1.29 is 28.3 Å². The average Bonchev–Trinajstić information content (AvgIpc) is 3.26. The minimum absolute atomic E-state index is 0.0403. The summed E-state index contributed by atoms with van der Waals surface area (Å²) in [6, 6.07) is 4.37. The summed E-state index contributed by atoms with van der Waals surface area (Å²) in [5.74, 6) is -1.52. The third kappa shape index (κ3) is 3.32. The summed E-state index contributed by atoms with van der Waals surface area (Å²) < 4.78 is 10.1. The van der Waals surface area contributed by atoms with E-state index in [4.69, 9.17) is 13.9 Å². The van der Waals surface area contributed by atoms with E-state index in [0.717, 1.165) is 6.26 Å². The quantitative estimate of drug-likeness (QED) is 0.879. The van der Waals surface area contributed by atoms with E-state index in [0.29, 0.717) is 31.7 Å². The number of piperidine rings is 1. The first-order valence-electron chi connectivity index (χ1n) is 7.50. The molecule has 0 spiro atoms. The SMILES string of the molecule is O=C(O)c1coc(C(=O)NC2CCN(C(=O)c3ccco3)CC2)c1. The molecule has 1 aliphatic heterocycles. The second-order valence-electron chi connectivity index (χ2n) is 5.52. The van der Waals surface area contributed by atoms with Crippen LogP contribution in [0.25, 0.3) is 0 Å². The molecule has 3 rings (SSSR count). The molecule has 24 heavy (non-hydrogen) atoms. The van der Waals surface area contributed by atoms with E-state index in [1.54, 1.807) is 17.0 Å². The van der Waals surface area contributed by atoms with Gasteiger partial charge < -0.3 is 24.2 Å². The third-order valence-electron chi connectivity index (χ3n) is 3.92. The lowest BCUT2D eigenvalue weighted by atomic mass is 10.0. The summed E-state index contributed by atoms with van der Waals surface area (Å²) >= 11 is 0. The van der Waals surface area contributed by atoms with Gasteiger partial charge in [-0.1, -0.05) is 0 Å². The molecular formula is C16H16N2O6. The van der Waals surface area contributed by atoms with Crippen molar-refractivity contribution in [2.45, 2.75) is 18.9 Å². The zero-order chi connectivity index (χ0) is 17.1. The number of carboxylic acids is 1. The molecule has 1 fully saturated rings. The zero-order valence-electron chi connectivity index (χ0n) is 12.7. The molecule has 2 aromatic rings. The van der Waals surface area contributed by atoms with Crippen molar-refractivity contribution in [3.63, 3.8) is 0 Å². The Balaban J connectivity index is 1.52. The highest BCUT2D eigenvalue weighted by molar-refractivity contribution is 5.95. The molecular weight excluding hydrogens is 316 g/mol. The van der Waals surface area contributed by atoms with E-state index in [2.05, 4.69) is 5.32 Å². The van der Waals surface area contributed by atoms with Gasteiger partial charge in [0, 0.05) is 25.2 Å². The van der Waals surface area contributed by atoms with Crippen LogP contribution in [0.2, 0.25) is 0 Å². The number of hydrogen-bond donors (Lipinski definition) is 2. The van der Waals surface area contributed by atoms with Crippen LogP contribution in [0.1, 0.15) is 44.3 Å². The molecule has 126 valence electrons.